The van der Waals surface area contributed by atoms with Gasteiger partial charge in [-0.3, -0.25) is 4.90 Å². The van der Waals surface area contributed by atoms with Crippen molar-refractivity contribution in [1.29, 1.82) is 0 Å². The van der Waals surface area contributed by atoms with Gasteiger partial charge in [0.1, 0.15) is 0 Å². The van der Waals surface area contributed by atoms with Gasteiger partial charge in [0.15, 0.2) is 16.6 Å². The van der Waals surface area contributed by atoms with Gasteiger partial charge in [-0.2, -0.15) is 0 Å². The number of hydrogen-bond donors (Lipinski definition) is 0. The first-order valence-electron chi connectivity index (χ1n) is 11.8. The molecular weight excluding hydrogens is 366 g/mol. The van der Waals surface area contributed by atoms with Crippen LogP contribution in [0.4, 0.5) is 0 Å². The first-order valence-corrected chi connectivity index (χ1v) is 17.4. The van der Waals surface area contributed by atoms with Gasteiger partial charge < -0.3 is 8.85 Å². The lowest BCUT2D eigenvalue weighted by Gasteiger charge is -2.33. The molecule has 0 aliphatic carbocycles. The molecule has 5 heteroatoms. The maximum absolute atomic E-state index is 6.54. The van der Waals surface area contributed by atoms with E-state index in [9.17, 15) is 0 Å². The molecule has 0 spiro atoms. The molecule has 0 aromatic rings. The van der Waals surface area contributed by atoms with Crippen molar-refractivity contribution < 1.29 is 8.85 Å². The van der Waals surface area contributed by atoms with Crippen LogP contribution in [0.1, 0.15) is 73.1 Å². The zero-order valence-electron chi connectivity index (χ0n) is 20.0. The molecular formula is C22H51NO2Si2. The van der Waals surface area contributed by atoms with Crippen LogP contribution in [0.15, 0.2) is 0 Å². The van der Waals surface area contributed by atoms with Crippen molar-refractivity contribution in [2.75, 3.05) is 26.8 Å². The highest BCUT2D eigenvalue weighted by Crippen LogP contribution is 2.20. The van der Waals surface area contributed by atoms with Crippen molar-refractivity contribution >= 4 is 16.6 Å². The van der Waals surface area contributed by atoms with Crippen molar-refractivity contribution in [3.63, 3.8) is 0 Å². The Morgan fingerprint density at radius 2 is 1.26 bits per heavy atom. The van der Waals surface area contributed by atoms with Gasteiger partial charge in [0.25, 0.3) is 0 Å². The molecule has 0 aromatic carbocycles. The summed E-state index contributed by atoms with van der Waals surface area (Å²) in [6.45, 7) is 19.0. The second-order valence-electron chi connectivity index (χ2n) is 8.81. The lowest BCUT2D eigenvalue weighted by molar-refractivity contribution is 0.125. The van der Waals surface area contributed by atoms with E-state index < -0.39 is 16.6 Å². The summed E-state index contributed by atoms with van der Waals surface area (Å²) < 4.78 is 12.9. The Morgan fingerprint density at radius 3 is 1.78 bits per heavy atom. The quantitative estimate of drug-likeness (QED) is 0.179. The third kappa shape index (κ3) is 11.8. The average Bonchev–Trinajstić information content (AvgIpc) is 2.69. The maximum atomic E-state index is 6.54. The lowest BCUT2D eigenvalue weighted by atomic mass is 10.1. The van der Waals surface area contributed by atoms with E-state index in [0.717, 1.165) is 19.8 Å². The van der Waals surface area contributed by atoms with E-state index in [1.807, 2.05) is 0 Å². The first kappa shape index (κ1) is 27.3. The molecule has 1 atom stereocenters. The molecule has 0 N–H and O–H groups in total. The van der Waals surface area contributed by atoms with Crippen LogP contribution in [0, 0.1) is 0 Å². The fourth-order valence-corrected chi connectivity index (χ4v) is 6.23. The molecule has 0 aromatic heterocycles. The molecule has 0 aliphatic rings. The van der Waals surface area contributed by atoms with E-state index >= 15 is 0 Å². The normalized spacial score (nSPS) is 14.1. The van der Waals surface area contributed by atoms with Crippen LogP contribution in [-0.2, 0) is 8.85 Å². The predicted octanol–water partition coefficient (Wildman–Crippen LogP) is 6.91. The summed E-state index contributed by atoms with van der Waals surface area (Å²) in [4.78, 5) is 2.51. The lowest BCUT2D eigenvalue weighted by Crippen LogP contribution is -2.43. The Morgan fingerprint density at radius 1 is 0.741 bits per heavy atom. The molecule has 3 nitrogen and oxygen atoms in total. The van der Waals surface area contributed by atoms with E-state index in [1.54, 1.807) is 0 Å². The van der Waals surface area contributed by atoms with Crippen LogP contribution in [0.2, 0.25) is 37.3 Å². The van der Waals surface area contributed by atoms with Crippen LogP contribution in [-0.4, -0.2) is 54.4 Å². The second kappa shape index (κ2) is 15.2. The van der Waals surface area contributed by atoms with Gasteiger partial charge in [0.05, 0.1) is 0 Å². The fourth-order valence-electron chi connectivity index (χ4n) is 3.24. The predicted molar refractivity (Wildman–Crippen MR) is 127 cm³/mol. The molecule has 0 radical (unpaired) electrons. The molecule has 0 saturated heterocycles. The molecule has 27 heavy (non-hydrogen) atoms. The zero-order valence-corrected chi connectivity index (χ0v) is 22.0. The van der Waals surface area contributed by atoms with Gasteiger partial charge in [-0.1, -0.05) is 66.7 Å². The molecule has 164 valence electrons. The Bertz CT molecular complexity index is 347. The van der Waals surface area contributed by atoms with Crippen LogP contribution < -0.4 is 0 Å². The first-order chi connectivity index (χ1) is 12.8. The van der Waals surface area contributed by atoms with Crippen molar-refractivity contribution in [1.82, 2.24) is 4.90 Å². The largest absolute Gasteiger partial charge is 0.416 e. The van der Waals surface area contributed by atoms with Crippen molar-refractivity contribution in [2.24, 2.45) is 0 Å². The van der Waals surface area contributed by atoms with Crippen molar-refractivity contribution in [3.05, 3.63) is 0 Å². The molecule has 0 fully saturated rings. The van der Waals surface area contributed by atoms with Gasteiger partial charge >= 0.3 is 0 Å². The Balaban J connectivity index is 4.59. The minimum absolute atomic E-state index is 0.538. The second-order valence-corrected chi connectivity index (χ2v) is 18.0. The molecule has 0 saturated carbocycles. The van der Waals surface area contributed by atoms with Crippen molar-refractivity contribution in [2.45, 2.75) is 116 Å². The molecule has 0 amide bonds. The monoisotopic (exact) mass is 417 g/mol. The van der Waals surface area contributed by atoms with Crippen LogP contribution >= 0.6 is 0 Å². The molecule has 1 unspecified atom stereocenters. The van der Waals surface area contributed by atoms with Gasteiger partial charge in [-0.15, -0.1) is 0 Å². The molecule has 0 heterocycles. The summed E-state index contributed by atoms with van der Waals surface area (Å²) >= 11 is 0. The fraction of sp³-hybridized carbons (Fsp3) is 1.00. The van der Waals surface area contributed by atoms with Gasteiger partial charge in [-0.05, 0) is 50.7 Å². The maximum Gasteiger partial charge on any atom is 0.189 e. The number of likely N-dealkylation sites (N-methyl/N-ethyl adjacent to an activating group) is 1. The smallest absolute Gasteiger partial charge is 0.189 e. The van der Waals surface area contributed by atoms with E-state index in [1.165, 1.54) is 62.7 Å². The number of nitrogens with zero attached hydrogens (tertiary/aromatic N) is 1. The van der Waals surface area contributed by atoms with Crippen LogP contribution in [0.25, 0.3) is 0 Å². The third-order valence-electron chi connectivity index (χ3n) is 6.77. The van der Waals surface area contributed by atoms with Gasteiger partial charge in [0.2, 0.25) is 0 Å². The highest BCUT2D eigenvalue weighted by molar-refractivity contribution is 6.72. The van der Waals surface area contributed by atoms with E-state index in [0.29, 0.717) is 6.04 Å². The standard InChI is InChI=1S/C22H51NO2Si2/c1-9-14-15-16-17-18-22(21-25-27(8,12-4)13-5)23(6)19-20-24-26(7,10-2)11-3/h22H,9-21H2,1-8H3. The van der Waals surface area contributed by atoms with E-state index in [2.05, 4.69) is 59.7 Å². The minimum atomic E-state index is -1.49. The van der Waals surface area contributed by atoms with Crippen LogP contribution in [0.3, 0.4) is 0 Å². The Kier molecular flexibility index (Phi) is 15.4. The summed E-state index contributed by atoms with van der Waals surface area (Å²) in [5.41, 5.74) is 0. The molecule has 0 bridgehead atoms. The summed E-state index contributed by atoms with van der Waals surface area (Å²) in [5, 5.41) is 0. The highest BCUT2D eigenvalue weighted by atomic mass is 28.4. The van der Waals surface area contributed by atoms with Gasteiger partial charge in [0, 0.05) is 25.8 Å². The SMILES string of the molecule is CCCCCCCC(CO[Si](C)(CC)CC)N(C)CCO[Si](C)(CC)CC. The number of unbranched alkanes of at least 4 members (excludes halogenated alkanes) is 4. The topological polar surface area (TPSA) is 21.7 Å². The average molecular weight is 418 g/mol. The summed E-state index contributed by atoms with van der Waals surface area (Å²) in [6, 6.07) is 5.41. The summed E-state index contributed by atoms with van der Waals surface area (Å²) in [5.74, 6) is 0. The summed E-state index contributed by atoms with van der Waals surface area (Å²) in [7, 11) is -0.666. The number of rotatable bonds is 18. The van der Waals surface area contributed by atoms with E-state index in [4.69, 9.17) is 8.85 Å². The van der Waals surface area contributed by atoms with Gasteiger partial charge in [-0.25, -0.2) is 0 Å². The van der Waals surface area contributed by atoms with Crippen LogP contribution in [0.5, 0.6) is 0 Å². The Hall–Kier alpha value is 0.314. The molecule has 0 aliphatic heterocycles. The summed E-state index contributed by atoms with van der Waals surface area (Å²) in [6.07, 6.45) is 8.02. The zero-order chi connectivity index (χ0) is 20.8. The highest BCUT2D eigenvalue weighted by Gasteiger charge is 2.27. The third-order valence-corrected chi connectivity index (χ3v) is 14.5. The van der Waals surface area contributed by atoms with E-state index in [-0.39, 0.29) is 0 Å². The molecule has 0 rings (SSSR count). The Labute approximate surface area is 173 Å². The minimum Gasteiger partial charge on any atom is -0.416 e. The number of hydrogen-bond acceptors (Lipinski definition) is 3. The van der Waals surface area contributed by atoms with Crippen molar-refractivity contribution in [3.8, 4) is 0 Å².